The van der Waals surface area contributed by atoms with Crippen molar-refractivity contribution in [2.75, 3.05) is 13.6 Å². The van der Waals surface area contributed by atoms with Crippen LogP contribution in [-0.4, -0.2) is 18.5 Å². The average molecular weight is 286 g/mol. The molecule has 0 aliphatic carbocycles. The number of likely N-dealkylation sites (N-methyl/N-ethyl adjacent to an activating group) is 1. The Morgan fingerprint density at radius 2 is 2.24 bits per heavy atom. The van der Waals surface area contributed by atoms with Gasteiger partial charge in [0.2, 0.25) is 0 Å². The van der Waals surface area contributed by atoms with Gasteiger partial charge in [0.25, 0.3) is 0 Å². The van der Waals surface area contributed by atoms with Crippen molar-refractivity contribution in [3.63, 3.8) is 0 Å². The van der Waals surface area contributed by atoms with Crippen LogP contribution < -0.4 is 0 Å². The molecule has 90 valence electrons. The van der Waals surface area contributed by atoms with E-state index < -0.39 is 0 Å². The maximum atomic E-state index is 6.13. The second-order valence-corrected chi connectivity index (χ2v) is 5.47. The van der Waals surface area contributed by atoms with Crippen molar-refractivity contribution in [1.29, 1.82) is 0 Å². The largest absolute Gasteiger partial charge is 0.298 e. The van der Waals surface area contributed by atoms with E-state index in [-0.39, 0.29) is 0 Å². The lowest BCUT2D eigenvalue weighted by Crippen LogP contribution is -2.17. The van der Waals surface area contributed by atoms with Crippen LogP contribution in [0.25, 0.3) is 10.1 Å². The smallest absolute Gasteiger partial charge is 0.0591 e. The summed E-state index contributed by atoms with van der Waals surface area (Å²) in [5.41, 5.74) is 2.86. The molecule has 0 atom stereocenters. The Morgan fingerprint density at radius 1 is 1.41 bits per heavy atom. The van der Waals surface area contributed by atoms with Gasteiger partial charge in [-0.2, -0.15) is 0 Å². The summed E-state index contributed by atoms with van der Waals surface area (Å²) in [5, 5.41) is 3.99. The highest BCUT2D eigenvalue weighted by Gasteiger charge is 2.07. The molecule has 1 heterocycles. The molecule has 0 bridgehead atoms. The van der Waals surface area contributed by atoms with Gasteiger partial charge in [0.15, 0.2) is 0 Å². The van der Waals surface area contributed by atoms with Crippen molar-refractivity contribution in [2.45, 2.75) is 6.54 Å². The number of hydrogen-bond acceptors (Lipinski definition) is 2. The zero-order valence-corrected chi connectivity index (χ0v) is 11.8. The van der Waals surface area contributed by atoms with Crippen molar-refractivity contribution in [3.8, 4) is 0 Å². The number of fused-ring (bicyclic) bond motifs is 1. The summed E-state index contributed by atoms with van der Waals surface area (Å²) in [6.07, 6.45) is 1.93. The molecule has 2 rings (SSSR count). The molecule has 0 aliphatic rings. The highest BCUT2D eigenvalue weighted by Crippen LogP contribution is 2.32. The van der Waals surface area contributed by atoms with Gasteiger partial charge in [-0.15, -0.1) is 11.3 Å². The van der Waals surface area contributed by atoms with E-state index in [4.69, 9.17) is 23.2 Å². The minimum atomic E-state index is 0.843. The molecule has 1 aromatic heterocycles. The van der Waals surface area contributed by atoms with E-state index in [1.807, 2.05) is 11.5 Å². The summed E-state index contributed by atoms with van der Waals surface area (Å²) in [7, 11) is 2.07. The van der Waals surface area contributed by atoms with Gasteiger partial charge < -0.3 is 0 Å². The summed E-state index contributed by atoms with van der Waals surface area (Å²) in [6.45, 7) is 1.74. The first-order valence-electron chi connectivity index (χ1n) is 5.30. The van der Waals surface area contributed by atoms with Gasteiger partial charge in [0, 0.05) is 34.1 Å². The fourth-order valence-corrected chi connectivity index (χ4v) is 3.15. The van der Waals surface area contributed by atoms with E-state index in [9.17, 15) is 0 Å². The van der Waals surface area contributed by atoms with Gasteiger partial charge in [-0.25, -0.2) is 0 Å². The third-order valence-corrected chi connectivity index (χ3v) is 4.27. The summed E-state index contributed by atoms with van der Waals surface area (Å²) in [6, 6.07) is 6.27. The number of thiophene rings is 1. The predicted molar refractivity (Wildman–Crippen MR) is 78.2 cm³/mol. The maximum absolute atomic E-state index is 6.13. The molecule has 0 spiro atoms. The monoisotopic (exact) mass is 285 g/mol. The lowest BCUT2D eigenvalue weighted by Gasteiger charge is -2.14. The minimum Gasteiger partial charge on any atom is -0.298 e. The molecular weight excluding hydrogens is 273 g/mol. The molecule has 0 amide bonds. The molecule has 0 unspecified atom stereocenters. The van der Waals surface area contributed by atoms with Gasteiger partial charge in [0.1, 0.15) is 0 Å². The molecule has 0 N–H and O–H groups in total. The third kappa shape index (κ3) is 3.02. The Labute approximate surface area is 115 Å². The minimum absolute atomic E-state index is 0.843. The van der Waals surface area contributed by atoms with Crippen LogP contribution in [-0.2, 0) is 6.54 Å². The molecule has 2 aromatic rings. The standard InChI is InChI=1S/C13H13Cl2NS/c1-16(7-3-6-14)8-10-4-2-5-11-12(15)9-17-13(10)11/h2-6,9H,7-8H2,1H3. The van der Waals surface area contributed by atoms with Crippen molar-refractivity contribution >= 4 is 44.6 Å². The molecule has 17 heavy (non-hydrogen) atoms. The van der Waals surface area contributed by atoms with E-state index in [1.54, 1.807) is 16.9 Å². The number of hydrogen-bond donors (Lipinski definition) is 0. The molecule has 1 nitrogen and oxygen atoms in total. The second-order valence-electron chi connectivity index (χ2n) is 3.94. The number of benzene rings is 1. The van der Waals surface area contributed by atoms with Crippen molar-refractivity contribution in [2.24, 2.45) is 0 Å². The van der Waals surface area contributed by atoms with E-state index in [0.717, 1.165) is 23.5 Å². The van der Waals surface area contributed by atoms with Crippen LogP contribution >= 0.6 is 34.5 Å². The molecule has 0 saturated heterocycles. The molecule has 0 aliphatic heterocycles. The average Bonchev–Trinajstić information content (AvgIpc) is 2.70. The van der Waals surface area contributed by atoms with E-state index in [1.165, 1.54) is 10.3 Å². The molecule has 0 fully saturated rings. The van der Waals surface area contributed by atoms with Crippen LogP contribution in [0, 0.1) is 0 Å². The first-order valence-corrected chi connectivity index (χ1v) is 7.00. The Kier molecular flexibility index (Phi) is 4.46. The van der Waals surface area contributed by atoms with Gasteiger partial charge >= 0.3 is 0 Å². The summed E-state index contributed by atoms with van der Waals surface area (Å²) in [5.74, 6) is 0. The van der Waals surface area contributed by atoms with Crippen LogP contribution in [0.4, 0.5) is 0 Å². The molecule has 1 aromatic carbocycles. The van der Waals surface area contributed by atoms with E-state index in [2.05, 4.69) is 30.1 Å². The SMILES string of the molecule is CN(CC=CCl)Cc1cccc2c(Cl)csc12. The molecule has 0 saturated carbocycles. The Hall–Kier alpha value is -0.540. The van der Waals surface area contributed by atoms with Crippen LogP contribution in [0.3, 0.4) is 0 Å². The number of nitrogens with zero attached hydrogens (tertiary/aromatic N) is 1. The highest BCUT2D eigenvalue weighted by atomic mass is 35.5. The van der Waals surface area contributed by atoms with Gasteiger partial charge in [0.05, 0.1) is 5.02 Å². The number of halogens is 2. The molecular formula is C13H13Cl2NS. The second kappa shape index (κ2) is 5.87. The summed E-state index contributed by atoms with van der Waals surface area (Å²) >= 11 is 13.4. The Balaban J connectivity index is 2.23. The normalized spacial score (nSPS) is 12.0. The van der Waals surface area contributed by atoms with Gasteiger partial charge in [-0.3, -0.25) is 4.90 Å². The number of rotatable bonds is 4. The lowest BCUT2D eigenvalue weighted by molar-refractivity contribution is 0.365. The quantitative estimate of drug-likeness (QED) is 0.784. The van der Waals surface area contributed by atoms with Crippen LogP contribution in [0.5, 0.6) is 0 Å². The fourth-order valence-electron chi connectivity index (χ4n) is 1.79. The van der Waals surface area contributed by atoms with Crippen molar-refractivity contribution in [3.05, 3.63) is 45.8 Å². The third-order valence-electron chi connectivity index (χ3n) is 2.58. The highest BCUT2D eigenvalue weighted by molar-refractivity contribution is 7.18. The zero-order valence-electron chi connectivity index (χ0n) is 9.49. The summed E-state index contributed by atoms with van der Waals surface area (Å²) in [4.78, 5) is 2.21. The van der Waals surface area contributed by atoms with Crippen molar-refractivity contribution < 1.29 is 0 Å². The van der Waals surface area contributed by atoms with Gasteiger partial charge in [-0.1, -0.05) is 47.5 Å². The van der Waals surface area contributed by atoms with Crippen LogP contribution in [0.2, 0.25) is 5.02 Å². The topological polar surface area (TPSA) is 3.24 Å². The Morgan fingerprint density at radius 3 is 3.00 bits per heavy atom. The van der Waals surface area contributed by atoms with Crippen molar-refractivity contribution in [1.82, 2.24) is 4.90 Å². The van der Waals surface area contributed by atoms with E-state index in [0.29, 0.717) is 0 Å². The first-order chi connectivity index (χ1) is 8.22. The maximum Gasteiger partial charge on any atom is 0.0591 e. The zero-order chi connectivity index (χ0) is 12.3. The Bertz CT molecular complexity index is 533. The van der Waals surface area contributed by atoms with E-state index >= 15 is 0 Å². The summed E-state index contributed by atoms with van der Waals surface area (Å²) < 4.78 is 1.28. The predicted octanol–water partition coefficient (Wildman–Crippen LogP) is 4.74. The fraction of sp³-hybridized carbons (Fsp3) is 0.231. The molecule has 4 heteroatoms. The lowest BCUT2D eigenvalue weighted by atomic mass is 10.1. The van der Waals surface area contributed by atoms with Gasteiger partial charge in [-0.05, 0) is 12.6 Å². The first kappa shape index (κ1) is 12.9. The molecule has 0 radical (unpaired) electrons. The van der Waals surface area contributed by atoms with Crippen LogP contribution in [0.1, 0.15) is 5.56 Å². The van der Waals surface area contributed by atoms with Crippen LogP contribution in [0.15, 0.2) is 35.2 Å².